The molecular formula is C28H23ClN4OS. The number of benzene rings is 3. The molecule has 0 unspecified atom stereocenters. The number of H-pyrrole nitrogens is 1. The van der Waals surface area contributed by atoms with Gasteiger partial charge in [0.05, 0.1) is 15.6 Å². The van der Waals surface area contributed by atoms with Crippen molar-refractivity contribution in [3.8, 4) is 28.7 Å². The molecule has 3 aromatic carbocycles. The summed E-state index contributed by atoms with van der Waals surface area (Å²) < 4.78 is 7.21. The Labute approximate surface area is 213 Å². The molecule has 0 radical (unpaired) electrons. The van der Waals surface area contributed by atoms with E-state index < -0.39 is 0 Å². The van der Waals surface area contributed by atoms with Crippen LogP contribution in [-0.2, 0) is 13.0 Å². The molecule has 0 aliphatic rings. The van der Waals surface area contributed by atoms with Crippen molar-refractivity contribution in [2.75, 3.05) is 0 Å². The van der Waals surface area contributed by atoms with Gasteiger partial charge in [-0.2, -0.15) is 5.21 Å². The number of aryl methyl sites for hydroxylation is 1. The molecule has 0 aliphatic heterocycles. The smallest absolute Gasteiger partial charge is 0.176 e. The Hall–Kier alpha value is -3.66. The average Bonchev–Trinajstić information content (AvgIpc) is 3.54. The van der Waals surface area contributed by atoms with Gasteiger partial charge in [0.2, 0.25) is 0 Å². The molecule has 5 aromatic rings. The van der Waals surface area contributed by atoms with Gasteiger partial charge in [-0.1, -0.05) is 59.1 Å². The van der Waals surface area contributed by atoms with Gasteiger partial charge in [0.15, 0.2) is 5.82 Å². The molecule has 1 atom stereocenters. The third kappa shape index (κ3) is 5.07. The molecule has 1 N–H and O–H groups in total. The van der Waals surface area contributed by atoms with E-state index >= 15 is 0 Å². The molecule has 0 saturated heterocycles. The standard InChI is InChI=1S/C28H23ClN4OS/c1-3-6-21(15-27-30-32-33-31-27)20-9-11-22(12-10-20)34-16-19-13-24-25(17-35-28(24)26(29)14-19)23-8-5-4-7-18(23)2/h4-5,7-14,17,21H,15-16H2,1-2H3,(H,30,31,32,33)/t21-/m0/s1. The number of nitrogens with zero attached hydrogens (tertiary/aromatic N) is 3. The number of tetrazole rings is 1. The lowest BCUT2D eigenvalue weighted by Gasteiger charge is -2.12. The Bertz CT molecular complexity index is 1510. The topological polar surface area (TPSA) is 63.7 Å². The maximum atomic E-state index is 6.65. The van der Waals surface area contributed by atoms with Crippen LogP contribution in [0.1, 0.15) is 35.4 Å². The van der Waals surface area contributed by atoms with Gasteiger partial charge in [0.25, 0.3) is 0 Å². The Morgan fingerprint density at radius 1 is 1.09 bits per heavy atom. The average molecular weight is 499 g/mol. The molecule has 0 bridgehead atoms. The molecule has 5 rings (SSSR count). The highest BCUT2D eigenvalue weighted by atomic mass is 35.5. The van der Waals surface area contributed by atoms with Crippen LogP contribution in [0.4, 0.5) is 0 Å². The minimum atomic E-state index is -0.00804. The molecule has 174 valence electrons. The maximum Gasteiger partial charge on any atom is 0.176 e. The number of ether oxygens (including phenoxy) is 1. The van der Waals surface area contributed by atoms with Crippen molar-refractivity contribution in [1.29, 1.82) is 0 Å². The molecule has 7 heteroatoms. The Balaban J connectivity index is 1.34. The van der Waals surface area contributed by atoms with E-state index in [0.29, 0.717) is 18.9 Å². The van der Waals surface area contributed by atoms with Gasteiger partial charge in [-0.15, -0.1) is 27.5 Å². The van der Waals surface area contributed by atoms with E-state index in [1.807, 2.05) is 37.3 Å². The number of fused-ring (bicyclic) bond motifs is 1. The van der Waals surface area contributed by atoms with E-state index in [9.17, 15) is 0 Å². The lowest BCUT2D eigenvalue weighted by molar-refractivity contribution is 0.306. The van der Waals surface area contributed by atoms with E-state index in [0.717, 1.165) is 32.0 Å². The number of thiophene rings is 1. The summed E-state index contributed by atoms with van der Waals surface area (Å²) in [4.78, 5) is 0. The quantitative estimate of drug-likeness (QED) is 0.246. The molecule has 0 aliphatic carbocycles. The van der Waals surface area contributed by atoms with Crippen LogP contribution < -0.4 is 4.74 Å². The van der Waals surface area contributed by atoms with E-state index in [-0.39, 0.29) is 5.92 Å². The highest BCUT2D eigenvalue weighted by Crippen LogP contribution is 2.39. The molecule has 5 nitrogen and oxygen atoms in total. The summed E-state index contributed by atoms with van der Waals surface area (Å²) in [5, 5.41) is 18.3. The predicted octanol–water partition coefficient (Wildman–Crippen LogP) is 6.97. The Morgan fingerprint density at radius 3 is 2.66 bits per heavy atom. The first kappa shape index (κ1) is 23.1. The number of halogens is 1. The number of hydrogen-bond donors (Lipinski definition) is 1. The first-order chi connectivity index (χ1) is 17.1. The van der Waals surface area contributed by atoms with E-state index in [2.05, 4.69) is 75.1 Å². The first-order valence-corrected chi connectivity index (χ1v) is 12.5. The molecular weight excluding hydrogens is 476 g/mol. The van der Waals surface area contributed by atoms with Crippen molar-refractivity contribution < 1.29 is 4.74 Å². The molecule has 2 heterocycles. The summed E-state index contributed by atoms with van der Waals surface area (Å²) in [6.45, 7) is 4.40. The molecule has 2 aromatic heterocycles. The van der Waals surface area contributed by atoms with Crippen LogP contribution in [0.15, 0.2) is 66.0 Å². The van der Waals surface area contributed by atoms with Crippen molar-refractivity contribution in [1.82, 2.24) is 20.6 Å². The summed E-state index contributed by atoms with van der Waals surface area (Å²) in [7, 11) is 0. The molecule has 0 amide bonds. The number of hydrogen-bond acceptors (Lipinski definition) is 5. The minimum absolute atomic E-state index is 0.00804. The lowest BCUT2D eigenvalue weighted by atomic mass is 9.96. The second kappa shape index (κ2) is 10.3. The zero-order valence-corrected chi connectivity index (χ0v) is 21.0. The SMILES string of the molecule is CC#C[C@@H](Cc1nn[nH]n1)c1ccc(OCc2cc(Cl)c3scc(-c4ccccc4C)c3c2)cc1. The van der Waals surface area contributed by atoms with Gasteiger partial charge >= 0.3 is 0 Å². The molecule has 0 spiro atoms. The third-order valence-corrected chi connectivity index (χ3v) is 7.35. The van der Waals surface area contributed by atoms with Gasteiger partial charge in [-0.3, -0.25) is 0 Å². The van der Waals surface area contributed by atoms with Crippen molar-refractivity contribution in [3.63, 3.8) is 0 Å². The van der Waals surface area contributed by atoms with Gasteiger partial charge in [0, 0.05) is 17.4 Å². The predicted molar refractivity (Wildman–Crippen MR) is 142 cm³/mol. The fraction of sp³-hybridized carbons (Fsp3) is 0.179. The van der Waals surface area contributed by atoms with Crippen LogP contribution >= 0.6 is 22.9 Å². The lowest BCUT2D eigenvalue weighted by Crippen LogP contribution is -2.03. The van der Waals surface area contributed by atoms with Crippen molar-refractivity contribution in [3.05, 3.63) is 93.6 Å². The van der Waals surface area contributed by atoms with Crippen LogP contribution in [0.3, 0.4) is 0 Å². The van der Waals surface area contributed by atoms with Gasteiger partial charge in [-0.25, -0.2) is 0 Å². The molecule has 35 heavy (non-hydrogen) atoms. The fourth-order valence-corrected chi connectivity index (χ4v) is 5.49. The summed E-state index contributed by atoms with van der Waals surface area (Å²) in [5.41, 5.74) is 5.80. The summed E-state index contributed by atoms with van der Waals surface area (Å²) in [6.07, 6.45) is 0.597. The van der Waals surface area contributed by atoms with E-state index in [4.69, 9.17) is 16.3 Å². The Morgan fingerprint density at radius 2 is 1.91 bits per heavy atom. The van der Waals surface area contributed by atoms with Crippen LogP contribution in [0.25, 0.3) is 21.2 Å². The monoisotopic (exact) mass is 498 g/mol. The number of aromatic amines is 1. The van der Waals surface area contributed by atoms with Gasteiger partial charge < -0.3 is 4.74 Å². The third-order valence-electron chi connectivity index (χ3n) is 5.91. The second-order valence-corrected chi connectivity index (χ2v) is 9.54. The van der Waals surface area contributed by atoms with Crippen LogP contribution in [0.2, 0.25) is 5.02 Å². The summed E-state index contributed by atoms with van der Waals surface area (Å²) in [5.74, 6) is 7.65. The highest BCUT2D eigenvalue weighted by Gasteiger charge is 2.14. The summed E-state index contributed by atoms with van der Waals surface area (Å²) in [6, 6.07) is 20.6. The van der Waals surface area contributed by atoms with E-state index in [1.165, 1.54) is 16.7 Å². The van der Waals surface area contributed by atoms with Crippen molar-refractivity contribution in [2.24, 2.45) is 0 Å². The van der Waals surface area contributed by atoms with Crippen LogP contribution in [0, 0.1) is 18.8 Å². The van der Waals surface area contributed by atoms with E-state index in [1.54, 1.807) is 11.3 Å². The normalized spacial score (nSPS) is 11.7. The highest BCUT2D eigenvalue weighted by molar-refractivity contribution is 7.18. The van der Waals surface area contributed by atoms with Gasteiger partial charge in [0.1, 0.15) is 12.4 Å². The first-order valence-electron chi connectivity index (χ1n) is 11.3. The largest absolute Gasteiger partial charge is 0.489 e. The maximum absolute atomic E-state index is 6.65. The minimum Gasteiger partial charge on any atom is -0.489 e. The second-order valence-electron chi connectivity index (χ2n) is 8.26. The zero-order chi connectivity index (χ0) is 24.2. The fourth-order valence-electron chi connectivity index (χ4n) is 4.16. The number of aromatic nitrogens is 4. The van der Waals surface area contributed by atoms with Crippen molar-refractivity contribution in [2.45, 2.75) is 32.8 Å². The van der Waals surface area contributed by atoms with Gasteiger partial charge in [-0.05, 0) is 65.7 Å². The number of nitrogens with one attached hydrogen (secondary N) is 1. The van der Waals surface area contributed by atoms with Crippen molar-refractivity contribution >= 4 is 33.0 Å². The Kier molecular flexibility index (Phi) is 6.80. The zero-order valence-electron chi connectivity index (χ0n) is 19.4. The van der Waals surface area contributed by atoms with Crippen LogP contribution in [0.5, 0.6) is 5.75 Å². The van der Waals surface area contributed by atoms with Crippen LogP contribution in [-0.4, -0.2) is 20.6 Å². The molecule has 0 fully saturated rings. The summed E-state index contributed by atoms with van der Waals surface area (Å²) >= 11 is 8.33. The number of rotatable bonds is 7. The molecule has 0 saturated carbocycles.